The van der Waals surface area contributed by atoms with Gasteiger partial charge in [0.2, 0.25) is 5.78 Å². The standard InChI is InChI=1S/C13H13FO3/c1-16-10-7-4-5-9(14)12(10)13(15)11-6-2-3-8-17-11/h4-7H,2-3,8H2,1H3. The number of hydrogen-bond acceptors (Lipinski definition) is 3. The number of halogens is 1. The van der Waals surface area contributed by atoms with Gasteiger partial charge in [0.05, 0.1) is 13.7 Å². The molecule has 0 unspecified atom stereocenters. The Labute approximate surface area is 98.8 Å². The monoisotopic (exact) mass is 236 g/mol. The lowest BCUT2D eigenvalue weighted by Crippen LogP contribution is -2.13. The van der Waals surface area contributed by atoms with Crippen molar-refractivity contribution in [1.29, 1.82) is 0 Å². The Kier molecular flexibility index (Phi) is 3.42. The molecule has 0 bridgehead atoms. The summed E-state index contributed by atoms with van der Waals surface area (Å²) in [7, 11) is 1.40. The molecule has 17 heavy (non-hydrogen) atoms. The van der Waals surface area contributed by atoms with E-state index in [1.807, 2.05) is 0 Å². The molecule has 0 atom stereocenters. The van der Waals surface area contributed by atoms with Crippen LogP contribution in [0.25, 0.3) is 0 Å². The van der Waals surface area contributed by atoms with Gasteiger partial charge in [-0.25, -0.2) is 4.39 Å². The lowest BCUT2D eigenvalue weighted by molar-refractivity contribution is 0.0892. The number of allylic oxidation sites excluding steroid dienone is 2. The molecule has 1 aliphatic heterocycles. The fourth-order valence-corrected chi connectivity index (χ4v) is 1.73. The van der Waals surface area contributed by atoms with Crippen LogP contribution in [0.2, 0.25) is 0 Å². The Morgan fingerprint density at radius 1 is 1.47 bits per heavy atom. The number of carbonyl (C=O) groups is 1. The molecule has 0 radical (unpaired) electrons. The van der Waals surface area contributed by atoms with E-state index in [1.165, 1.54) is 19.2 Å². The lowest BCUT2D eigenvalue weighted by Gasteiger charge is -2.15. The van der Waals surface area contributed by atoms with Crippen LogP contribution >= 0.6 is 0 Å². The van der Waals surface area contributed by atoms with E-state index in [-0.39, 0.29) is 17.1 Å². The van der Waals surface area contributed by atoms with Crippen LogP contribution in [0, 0.1) is 5.82 Å². The van der Waals surface area contributed by atoms with Gasteiger partial charge in [-0.2, -0.15) is 0 Å². The smallest absolute Gasteiger partial charge is 0.233 e. The molecule has 3 nitrogen and oxygen atoms in total. The SMILES string of the molecule is COc1cccc(F)c1C(=O)C1=CCCCO1. The first-order chi connectivity index (χ1) is 8.24. The summed E-state index contributed by atoms with van der Waals surface area (Å²) in [5.74, 6) is -0.617. The van der Waals surface area contributed by atoms with Crippen molar-refractivity contribution in [1.82, 2.24) is 0 Å². The van der Waals surface area contributed by atoms with Crippen LogP contribution < -0.4 is 4.74 Å². The van der Waals surface area contributed by atoms with Gasteiger partial charge in [-0.05, 0) is 31.1 Å². The average Bonchev–Trinajstić information content (AvgIpc) is 2.38. The zero-order valence-corrected chi connectivity index (χ0v) is 9.53. The molecule has 90 valence electrons. The quantitative estimate of drug-likeness (QED) is 0.757. The van der Waals surface area contributed by atoms with Gasteiger partial charge in [-0.1, -0.05) is 6.07 Å². The summed E-state index contributed by atoms with van der Waals surface area (Å²) in [6.45, 7) is 0.494. The van der Waals surface area contributed by atoms with E-state index >= 15 is 0 Å². The second kappa shape index (κ2) is 4.99. The Morgan fingerprint density at radius 2 is 2.29 bits per heavy atom. The van der Waals surface area contributed by atoms with Crippen LogP contribution in [0.15, 0.2) is 30.0 Å². The Balaban J connectivity index is 2.39. The topological polar surface area (TPSA) is 35.5 Å². The third-order valence-electron chi connectivity index (χ3n) is 2.58. The molecule has 0 saturated carbocycles. The maximum Gasteiger partial charge on any atom is 0.233 e. The molecule has 1 heterocycles. The predicted octanol–water partition coefficient (Wildman–Crippen LogP) is 2.71. The maximum atomic E-state index is 13.7. The number of hydrogen-bond donors (Lipinski definition) is 0. The summed E-state index contributed by atoms with van der Waals surface area (Å²) in [6.07, 6.45) is 3.35. The van der Waals surface area contributed by atoms with Crippen LogP contribution in [0.3, 0.4) is 0 Å². The van der Waals surface area contributed by atoms with Crippen LogP contribution in [0.5, 0.6) is 5.75 Å². The van der Waals surface area contributed by atoms with Crippen molar-refractivity contribution in [2.45, 2.75) is 12.8 Å². The minimum absolute atomic E-state index is 0.0665. The van der Waals surface area contributed by atoms with E-state index in [0.717, 1.165) is 12.8 Å². The molecular formula is C13H13FO3. The normalized spacial score (nSPS) is 14.8. The first-order valence-electron chi connectivity index (χ1n) is 5.44. The molecule has 1 aliphatic rings. The summed E-state index contributed by atoms with van der Waals surface area (Å²) < 4.78 is 23.9. The molecule has 0 fully saturated rings. The van der Waals surface area contributed by atoms with Crippen molar-refractivity contribution < 1.29 is 18.7 Å². The van der Waals surface area contributed by atoms with Crippen molar-refractivity contribution in [3.63, 3.8) is 0 Å². The van der Waals surface area contributed by atoms with Crippen LogP contribution in [0.4, 0.5) is 4.39 Å². The summed E-state index contributed by atoms with van der Waals surface area (Å²) >= 11 is 0. The number of Topliss-reactive ketones (excluding diaryl/α,β-unsaturated/α-hetero) is 1. The van der Waals surface area contributed by atoms with Crippen molar-refractivity contribution in [3.8, 4) is 5.75 Å². The highest BCUT2D eigenvalue weighted by molar-refractivity contribution is 6.09. The molecule has 0 amide bonds. The predicted molar refractivity (Wildman–Crippen MR) is 60.6 cm³/mol. The summed E-state index contributed by atoms with van der Waals surface area (Å²) in [6, 6.07) is 4.29. The highest BCUT2D eigenvalue weighted by atomic mass is 19.1. The fourth-order valence-electron chi connectivity index (χ4n) is 1.73. The summed E-state index contributed by atoms with van der Waals surface area (Å²) in [4.78, 5) is 12.1. The zero-order valence-electron chi connectivity index (χ0n) is 9.53. The molecule has 0 saturated heterocycles. The number of methoxy groups -OCH3 is 1. The van der Waals surface area contributed by atoms with E-state index in [4.69, 9.17) is 9.47 Å². The van der Waals surface area contributed by atoms with Crippen molar-refractivity contribution in [3.05, 3.63) is 41.4 Å². The molecule has 4 heteroatoms. The number of carbonyl (C=O) groups excluding carboxylic acids is 1. The van der Waals surface area contributed by atoms with E-state index in [0.29, 0.717) is 6.61 Å². The van der Waals surface area contributed by atoms with E-state index in [1.54, 1.807) is 12.1 Å². The van der Waals surface area contributed by atoms with E-state index in [9.17, 15) is 9.18 Å². The fraction of sp³-hybridized carbons (Fsp3) is 0.308. The zero-order chi connectivity index (χ0) is 12.3. The van der Waals surface area contributed by atoms with Crippen LogP contribution in [-0.2, 0) is 4.74 Å². The third kappa shape index (κ3) is 2.30. The minimum atomic E-state index is -0.593. The molecule has 1 aromatic carbocycles. The number of rotatable bonds is 3. The Hall–Kier alpha value is -1.84. The molecule has 1 aromatic rings. The average molecular weight is 236 g/mol. The van der Waals surface area contributed by atoms with Crippen molar-refractivity contribution in [2.75, 3.05) is 13.7 Å². The molecule has 0 N–H and O–H groups in total. The first-order valence-corrected chi connectivity index (χ1v) is 5.44. The van der Waals surface area contributed by atoms with Crippen molar-refractivity contribution >= 4 is 5.78 Å². The van der Waals surface area contributed by atoms with Gasteiger partial charge >= 0.3 is 0 Å². The Bertz CT molecular complexity index is 466. The second-order valence-electron chi connectivity index (χ2n) is 3.71. The molecule has 0 spiro atoms. The number of ether oxygens (including phenoxy) is 2. The van der Waals surface area contributed by atoms with Crippen molar-refractivity contribution in [2.24, 2.45) is 0 Å². The van der Waals surface area contributed by atoms with E-state index < -0.39 is 11.6 Å². The van der Waals surface area contributed by atoms with Gasteiger partial charge in [0.25, 0.3) is 0 Å². The maximum absolute atomic E-state index is 13.7. The minimum Gasteiger partial charge on any atom is -0.496 e. The molecule has 0 aliphatic carbocycles. The lowest BCUT2D eigenvalue weighted by atomic mass is 10.1. The van der Waals surface area contributed by atoms with Gasteiger partial charge in [-0.15, -0.1) is 0 Å². The van der Waals surface area contributed by atoms with E-state index in [2.05, 4.69) is 0 Å². The van der Waals surface area contributed by atoms with Gasteiger partial charge in [0.15, 0.2) is 5.76 Å². The number of benzene rings is 1. The largest absolute Gasteiger partial charge is 0.496 e. The van der Waals surface area contributed by atoms with Crippen LogP contribution in [0.1, 0.15) is 23.2 Å². The molecule has 0 aromatic heterocycles. The van der Waals surface area contributed by atoms with Crippen LogP contribution in [-0.4, -0.2) is 19.5 Å². The summed E-state index contributed by atoms with van der Waals surface area (Å²) in [5, 5.41) is 0. The van der Waals surface area contributed by atoms with Gasteiger partial charge in [-0.3, -0.25) is 4.79 Å². The van der Waals surface area contributed by atoms with Gasteiger partial charge in [0, 0.05) is 0 Å². The molecule has 2 rings (SSSR count). The first kappa shape index (κ1) is 11.6. The third-order valence-corrected chi connectivity index (χ3v) is 2.58. The second-order valence-corrected chi connectivity index (χ2v) is 3.71. The summed E-state index contributed by atoms with van der Waals surface area (Å²) in [5.41, 5.74) is -0.0665. The number of ketones is 1. The molecular weight excluding hydrogens is 223 g/mol. The van der Waals surface area contributed by atoms with Gasteiger partial charge < -0.3 is 9.47 Å². The highest BCUT2D eigenvalue weighted by Gasteiger charge is 2.23. The van der Waals surface area contributed by atoms with Gasteiger partial charge in [0.1, 0.15) is 17.1 Å². The highest BCUT2D eigenvalue weighted by Crippen LogP contribution is 2.25. The Morgan fingerprint density at radius 3 is 2.94 bits per heavy atom.